The Balaban J connectivity index is 1.77. The van der Waals surface area contributed by atoms with Crippen molar-refractivity contribution in [3.63, 3.8) is 0 Å². The largest absolute Gasteiger partial charge is 0.458 e. The van der Waals surface area contributed by atoms with Gasteiger partial charge in [-0.1, -0.05) is 29.8 Å². The average molecular weight is 259 g/mol. The van der Waals surface area contributed by atoms with Crippen LogP contribution >= 0.6 is 0 Å². The fraction of sp³-hybridized carbons (Fsp3) is 0.308. The minimum Gasteiger partial charge on any atom is -0.458 e. The van der Waals surface area contributed by atoms with Gasteiger partial charge in [0.2, 0.25) is 5.79 Å². The summed E-state index contributed by atoms with van der Waals surface area (Å²) in [5, 5.41) is 9.49. The summed E-state index contributed by atoms with van der Waals surface area (Å²) in [6, 6.07) is 8.02. The second-order valence-electron chi connectivity index (χ2n) is 4.48. The monoisotopic (exact) mass is 259 g/mol. The van der Waals surface area contributed by atoms with E-state index in [9.17, 15) is 5.11 Å². The third-order valence-corrected chi connectivity index (χ3v) is 2.76. The van der Waals surface area contributed by atoms with Gasteiger partial charge in [0.15, 0.2) is 5.82 Å². The van der Waals surface area contributed by atoms with Crippen molar-refractivity contribution in [3.8, 4) is 17.4 Å². The van der Waals surface area contributed by atoms with E-state index in [0.29, 0.717) is 5.82 Å². The first-order chi connectivity index (χ1) is 9.15. The molecule has 1 fully saturated rings. The van der Waals surface area contributed by atoms with E-state index in [0.717, 1.165) is 5.56 Å². The Bertz CT molecular complexity index is 582. The Hall–Kier alpha value is -2.05. The van der Waals surface area contributed by atoms with Gasteiger partial charge in [0.1, 0.15) is 19.5 Å². The molecule has 6 nitrogen and oxygen atoms in total. The summed E-state index contributed by atoms with van der Waals surface area (Å²) in [7, 11) is 0. The quantitative estimate of drug-likeness (QED) is 0.823. The highest BCUT2D eigenvalue weighted by Crippen LogP contribution is 2.23. The first-order valence-electron chi connectivity index (χ1n) is 5.90. The van der Waals surface area contributed by atoms with Crippen LogP contribution < -0.4 is 4.74 Å². The molecule has 0 bridgehead atoms. The molecule has 2 heterocycles. The van der Waals surface area contributed by atoms with Crippen molar-refractivity contribution in [2.75, 3.05) is 13.2 Å². The van der Waals surface area contributed by atoms with E-state index in [1.165, 1.54) is 11.9 Å². The van der Waals surface area contributed by atoms with E-state index < -0.39 is 5.79 Å². The van der Waals surface area contributed by atoms with E-state index in [-0.39, 0.29) is 19.2 Å². The molecule has 98 valence electrons. The van der Waals surface area contributed by atoms with Crippen LogP contribution in [0.3, 0.4) is 0 Å². The molecule has 19 heavy (non-hydrogen) atoms. The third kappa shape index (κ3) is 2.86. The molecular formula is C13H13N3O3. The molecule has 1 N–H and O–H groups in total. The maximum atomic E-state index is 9.49. The zero-order chi connectivity index (χ0) is 13.3. The lowest BCUT2D eigenvalue weighted by atomic mass is 10.1. The molecule has 2 aromatic rings. The number of aromatic nitrogens is 3. The number of hydrogen-bond donors (Lipinski definition) is 1. The lowest BCUT2D eigenvalue weighted by molar-refractivity contribution is -0.00696. The predicted molar refractivity (Wildman–Crippen MR) is 66.4 cm³/mol. The summed E-state index contributed by atoms with van der Waals surface area (Å²) in [4.78, 5) is 12.2. The van der Waals surface area contributed by atoms with Gasteiger partial charge in [-0.15, -0.1) is 0 Å². The molecule has 1 aliphatic rings. The van der Waals surface area contributed by atoms with Crippen LogP contribution in [-0.4, -0.2) is 39.1 Å². The van der Waals surface area contributed by atoms with Crippen molar-refractivity contribution >= 4 is 0 Å². The fourth-order valence-corrected chi connectivity index (χ4v) is 1.54. The Morgan fingerprint density at radius 2 is 2.05 bits per heavy atom. The van der Waals surface area contributed by atoms with Crippen molar-refractivity contribution in [1.82, 2.24) is 15.0 Å². The minimum absolute atomic E-state index is 0.0182. The number of aliphatic hydroxyl groups is 1. The molecule has 1 saturated heterocycles. The van der Waals surface area contributed by atoms with Crippen molar-refractivity contribution < 1.29 is 14.6 Å². The highest BCUT2D eigenvalue weighted by Gasteiger charge is 2.44. The van der Waals surface area contributed by atoms with Crippen LogP contribution in [0, 0.1) is 6.92 Å². The lowest BCUT2D eigenvalue weighted by Crippen LogP contribution is -2.21. The summed E-state index contributed by atoms with van der Waals surface area (Å²) < 4.78 is 10.1. The van der Waals surface area contributed by atoms with Gasteiger partial charge >= 0.3 is 6.01 Å². The minimum atomic E-state index is -1.17. The van der Waals surface area contributed by atoms with Crippen LogP contribution in [0.5, 0.6) is 6.01 Å². The second-order valence-corrected chi connectivity index (χ2v) is 4.48. The molecule has 1 aromatic carbocycles. The zero-order valence-electron chi connectivity index (χ0n) is 10.4. The van der Waals surface area contributed by atoms with Crippen molar-refractivity contribution in [3.05, 3.63) is 36.2 Å². The molecule has 0 aliphatic carbocycles. The molecule has 1 aliphatic heterocycles. The van der Waals surface area contributed by atoms with Crippen LogP contribution in [0.1, 0.15) is 5.56 Å². The van der Waals surface area contributed by atoms with Gasteiger partial charge in [-0.2, -0.15) is 9.97 Å². The molecule has 3 rings (SSSR count). The number of hydrogen-bond acceptors (Lipinski definition) is 6. The first-order valence-corrected chi connectivity index (χ1v) is 5.90. The number of benzene rings is 1. The molecule has 1 aromatic heterocycles. The summed E-state index contributed by atoms with van der Waals surface area (Å²) in [6.07, 6.45) is 1.38. The number of ether oxygens (including phenoxy) is 2. The van der Waals surface area contributed by atoms with Crippen molar-refractivity contribution in [1.29, 1.82) is 0 Å². The normalized spacial score (nSPS) is 21.2. The maximum absolute atomic E-state index is 9.49. The first kappa shape index (κ1) is 12.0. The Morgan fingerprint density at radius 1 is 1.32 bits per heavy atom. The lowest BCUT2D eigenvalue weighted by Gasteiger charge is -2.07. The van der Waals surface area contributed by atoms with E-state index in [1.54, 1.807) is 0 Å². The van der Waals surface area contributed by atoms with Gasteiger partial charge in [-0.25, -0.2) is 4.98 Å². The predicted octanol–water partition coefficient (Wildman–Crippen LogP) is 0.945. The standard InChI is InChI=1S/C13H13N3O3/c1-9-2-4-10(5-3-9)11-14-8-15-12(16-11)18-6-13(17)7-19-13/h2-5,8,17H,6-7H2,1H3. The maximum Gasteiger partial charge on any atom is 0.320 e. The van der Waals surface area contributed by atoms with Gasteiger partial charge < -0.3 is 14.6 Å². The molecule has 0 radical (unpaired) electrons. The smallest absolute Gasteiger partial charge is 0.320 e. The van der Waals surface area contributed by atoms with Crippen molar-refractivity contribution in [2.45, 2.75) is 12.7 Å². The van der Waals surface area contributed by atoms with Crippen LogP contribution in [0.25, 0.3) is 11.4 Å². The van der Waals surface area contributed by atoms with E-state index in [1.807, 2.05) is 31.2 Å². The molecule has 0 spiro atoms. The van der Waals surface area contributed by atoms with Crippen LogP contribution in [-0.2, 0) is 4.74 Å². The SMILES string of the molecule is Cc1ccc(-c2ncnc(OCC3(O)CO3)n2)cc1. The van der Waals surface area contributed by atoms with E-state index >= 15 is 0 Å². The summed E-state index contributed by atoms with van der Waals surface area (Å²) >= 11 is 0. The number of epoxide rings is 1. The summed E-state index contributed by atoms with van der Waals surface area (Å²) in [5.74, 6) is -0.634. The Labute approximate surface area is 110 Å². The topological polar surface area (TPSA) is 80.7 Å². The van der Waals surface area contributed by atoms with Gasteiger partial charge in [0.25, 0.3) is 0 Å². The zero-order valence-corrected chi connectivity index (χ0v) is 10.4. The van der Waals surface area contributed by atoms with Gasteiger partial charge in [-0.3, -0.25) is 0 Å². The van der Waals surface area contributed by atoms with Crippen molar-refractivity contribution in [2.24, 2.45) is 0 Å². The van der Waals surface area contributed by atoms with Gasteiger partial charge in [0.05, 0.1) is 0 Å². The Kier molecular flexibility index (Phi) is 2.88. The second kappa shape index (κ2) is 4.56. The number of rotatable bonds is 4. The van der Waals surface area contributed by atoms with Crippen LogP contribution in [0.4, 0.5) is 0 Å². The Morgan fingerprint density at radius 3 is 2.74 bits per heavy atom. The highest BCUT2D eigenvalue weighted by molar-refractivity contribution is 5.54. The molecule has 1 atom stereocenters. The van der Waals surface area contributed by atoms with E-state index in [2.05, 4.69) is 15.0 Å². The molecule has 0 saturated carbocycles. The fourth-order valence-electron chi connectivity index (χ4n) is 1.54. The highest BCUT2D eigenvalue weighted by atomic mass is 16.7. The summed E-state index contributed by atoms with van der Waals surface area (Å²) in [5.41, 5.74) is 2.06. The molecule has 6 heteroatoms. The van der Waals surface area contributed by atoms with Gasteiger partial charge in [0, 0.05) is 5.56 Å². The molecular weight excluding hydrogens is 246 g/mol. The molecule has 1 unspecified atom stereocenters. The number of nitrogens with zero attached hydrogens (tertiary/aromatic N) is 3. The van der Waals surface area contributed by atoms with Crippen LogP contribution in [0.2, 0.25) is 0 Å². The van der Waals surface area contributed by atoms with Gasteiger partial charge in [-0.05, 0) is 6.92 Å². The third-order valence-electron chi connectivity index (χ3n) is 2.76. The van der Waals surface area contributed by atoms with E-state index in [4.69, 9.17) is 9.47 Å². The van der Waals surface area contributed by atoms with Crippen LogP contribution in [0.15, 0.2) is 30.6 Å². The number of aryl methyl sites for hydroxylation is 1. The summed E-state index contributed by atoms with van der Waals surface area (Å²) in [6.45, 7) is 2.31. The average Bonchev–Trinajstić information content (AvgIpc) is 3.16. The molecule has 0 amide bonds.